The van der Waals surface area contributed by atoms with E-state index in [1.54, 1.807) is 24.3 Å². The Kier molecular flexibility index (Phi) is 5.60. The third kappa shape index (κ3) is 4.16. The van der Waals surface area contributed by atoms with E-state index in [1.165, 1.54) is 12.1 Å². The lowest BCUT2D eigenvalue weighted by Gasteiger charge is -2.30. The molecule has 2 unspecified atom stereocenters. The minimum absolute atomic E-state index is 0.202. The SMILES string of the molecule is O=C1Oc2ccccc2C(=O)C1C1C=C(c2ccc(-c3ccc(C(F)(F)F)cc3)cc2)CCC1. The van der Waals surface area contributed by atoms with Gasteiger partial charge in [-0.2, -0.15) is 13.2 Å². The Morgan fingerprint density at radius 1 is 0.794 bits per heavy atom. The summed E-state index contributed by atoms with van der Waals surface area (Å²) < 4.78 is 43.9. The molecule has 0 radical (unpaired) electrons. The number of ether oxygens (including phenoxy) is 1. The highest BCUT2D eigenvalue weighted by molar-refractivity contribution is 6.13. The van der Waals surface area contributed by atoms with Gasteiger partial charge in [-0.15, -0.1) is 0 Å². The van der Waals surface area contributed by atoms with Gasteiger partial charge >= 0.3 is 12.1 Å². The summed E-state index contributed by atoms with van der Waals surface area (Å²) in [4.78, 5) is 25.7. The maximum absolute atomic E-state index is 13.1. The summed E-state index contributed by atoms with van der Waals surface area (Å²) in [5, 5.41) is 0. The maximum atomic E-state index is 13.1. The summed E-state index contributed by atoms with van der Waals surface area (Å²) in [5.74, 6) is -1.49. The molecular formula is C28H21F3O3. The van der Waals surface area contributed by atoms with Crippen molar-refractivity contribution in [3.05, 3.63) is 95.6 Å². The molecule has 0 saturated heterocycles. The summed E-state index contributed by atoms with van der Waals surface area (Å²) in [6, 6.07) is 19.5. The Morgan fingerprint density at radius 2 is 1.41 bits per heavy atom. The Bertz CT molecular complexity index is 1270. The first kappa shape index (κ1) is 22.1. The largest absolute Gasteiger partial charge is 0.425 e. The number of ketones is 1. The lowest BCUT2D eigenvalue weighted by Crippen LogP contribution is -2.38. The fourth-order valence-corrected chi connectivity index (χ4v) is 4.76. The second-order valence-corrected chi connectivity index (χ2v) is 8.66. The van der Waals surface area contributed by atoms with Crippen molar-refractivity contribution in [2.75, 3.05) is 0 Å². The van der Waals surface area contributed by atoms with Gasteiger partial charge in [0.05, 0.1) is 11.1 Å². The first-order valence-electron chi connectivity index (χ1n) is 11.1. The van der Waals surface area contributed by atoms with Crippen LogP contribution < -0.4 is 4.74 Å². The molecule has 1 aliphatic carbocycles. The van der Waals surface area contributed by atoms with Crippen molar-refractivity contribution < 1.29 is 27.5 Å². The normalized spacial score (nSPS) is 20.4. The monoisotopic (exact) mass is 462 g/mol. The standard InChI is InChI=1S/C28H21F3O3/c29-28(30,31)22-14-12-18(13-15-22)17-8-10-19(11-9-17)20-4-3-5-21(16-20)25-26(32)23-6-1-2-7-24(23)34-27(25)33/h1-2,6-16,21,25H,3-5H2. The molecule has 0 N–H and O–H groups in total. The van der Waals surface area contributed by atoms with E-state index < -0.39 is 23.6 Å². The molecule has 2 aliphatic rings. The minimum atomic E-state index is -4.36. The number of para-hydroxylation sites is 1. The van der Waals surface area contributed by atoms with Crippen molar-refractivity contribution >= 4 is 17.3 Å². The van der Waals surface area contributed by atoms with Gasteiger partial charge in [0.1, 0.15) is 11.7 Å². The highest BCUT2D eigenvalue weighted by atomic mass is 19.4. The third-order valence-corrected chi connectivity index (χ3v) is 6.53. The zero-order chi connectivity index (χ0) is 23.9. The van der Waals surface area contributed by atoms with E-state index in [9.17, 15) is 22.8 Å². The van der Waals surface area contributed by atoms with Crippen molar-refractivity contribution in [2.45, 2.75) is 25.4 Å². The van der Waals surface area contributed by atoms with Crippen LogP contribution in [0.1, 0.15) is 40.7 Å². The van der Waals surface area contributed by atoms with Crippen molar-refractivity contribution in [3.63, 3.8) is 0 Å². The molecule has 0 spiro atoms. The number of esters is 1. The van der Waals surface area contributed by atoms with Crippen LogP contribution >= 0.6 is 0 Å². The fraction of sp³-hybridized carbons (Fsp3) is 0.214. The third-order valence-electron chi connectivity index (χ3n) is 6.53. The summed E-state index contributed by atoms with van der Waals surface area (Å²) in [6.07, 6.45) is 0.0361. The number of carbonyl (C=O) groups excluding carboxylic acids is 2. The number of carbonyl (C=O) groups is 2. The summed E-state index contributed by atoms with van der Waals surface area (Å²) >= 11 is 0. The van der Waals surface area contributed by atoms with Gasteiger partial charge in [-0.1, -0.05) is 54.6 Å². The molecule has 172 valence electrons. The topological polar surface area (TPSA) is 43.4 Å². The molecule has 0 saturated carbocycles. The first-order chi connectivity index (χ1) is 16.3. The van der Waals surface area contributed by atoms with E-state index in [1.807, 2.05) is 30.3 Å². The van der Waals surface area contributed by atoms with Crippen LogP contribution in [-0.2, 0) is 11.0 Å². The maximum Gasteiger partial charge on any atom is 0.416 e. The minimum Gasteiger partial charge on any atom is -0.425 e. The first-order valence-corrected chi connectivity index (χ1v) is 11.1. The number of allylic oxidation sites excluding steroid dienone is 2. The van der Waals surface area contributed by atoms with Gasteiger partial charge in [0.25, 0.3) is 0 Å². The molecule has 6 heteroatoms. The molecule has 3 aromatic carbocycles. The van der Waals surface area contributed by atoms with E-state index in [4.69, 9.17) is 4.74 Å². The van der Waals surface area contributed by atoms with Crippen LogP contribution in [-0.4, -0.2) is 11.8 Å². The van der Waals surface area contributed by atoms with Crippen LogP contribution in [0.25, 0.3) is 16.7 Å². The summed E-state index contributed by atoms with van der Waals surface area (Å²) in [7, 11) is 0. The lowest BCUT2D eigenvalue weighted by atomic mass is 9.76. The molecule has 0 amide bonds. The van der Waals surface area contributed by atoms with E-state index in [0.29, 0.717) is 16.9 Å². The molecule has 1 heterocycles. The van der Waals surface area contributed by atoms with Crippen LogP contribution in [0.2, 0.25) is 0 Å². The zero-order valence-electron chi connectivity index (χ0n) is 18.1. The van der Waals surface area contributed by atoms with Crippen LogP contribution in [0.3, 0.4) is 0 Å². The van der Waals surface area contributed by atoms with E-state index in [0.717, 1.165) is 48.1 Å². The summed E-state index contributed by atoms with van der Waals surface area (Å²) in [6.45, 7) is 0. The zero-order valence-corrected chi connectivity index (χ0v) is 18.1. The van der Waals surface area contributed by atoms with E-state index >= 15 is 0 Å². The highest BCUT2D eigenvalue weighted by Gasteiger charge is 2.41. The number of benzene rings is 3. The number of hydrogen-bond acceptors (Lipinski definition) is 3. The van der Waals surface area contributed by atoms with Gasteiger partial charge in [0, 0.05) is 0 Å². The predicted octanol–water partition coefficient (Wildman–Crippen LogP) is 6.97. The second kappa shape index (κ2) is 8.60. The molecule has 5 rings (SSSR count). The van der Waals surface area contributed by atoms with Crippen LogP contribution in [0.15, 0.2) is 78.9 Å². The van der Waals surface area contributed by atoms with Gasteiger partial charge < -0.3 is 4.74 Å². The van der Waals surface area contributed by atoms with Gasteiger partial charge in [0.2, 0.25) is 0 Å². The highest BCUT2D eigenvalue weighted by Crippen LogP contribution is 2.39. The number of halogens is 3. The van der Waals surface area contributed by atoms with Gasteiger partial charge in [-0.25, -0.2) is 0 Å². The quantitative estimate of drug-likeness (QED) is 0.240. The Labute approximate surface area is 194 Å². The van der Waals surface area contributed by atoms with Gasteiger partial charge in [-0.05, 0) is 71.7 Å². The molecule has 0 bridgehead atoms. The Morgan fingerprint density at radius 3 is 2.09 bits per heavy atom. The van der Waals surface area contributed by atoms with Crippen LogP contribution in [0.4, 0.5) is 13.2 Å². The average molecular weight is 462 g/mol. The Hall–Kier alpha value is -3.67. The number of alkyl halides is 3. The average Bonchev–Trinajstić information content (AvgIpc) is 2.84. The smallest absolute Gasteiger partial charge is 0.416 e. The molecule has 3 aromatic rings. The van der Waals surface area contributed by atoms with Crippen molar-refractivity contribution in [1.82, 2.24) is 0 Å². The van der Waals surface area contributed by atoms with E-state index in [2.05, 4.69) is 0 Å². The molecule has 2 atom stereocenters. The molecule has 0 fully saturated rings. The number of fused-ring (bicyclic) bond motifs is 1. The lowest BCUT2D eigenvalue weighted by molar-refractivity contribution is -0.139. The molecule has 3 nitrogen and oxygen atoms in total. The second-order valence-electron chi connectivity index (χ2n) is 8.66. The van der Waals surface area contributed by atoms with Crippen LogP contribution in [0.5, 0.6) is 5.75 Å². The van der Waals surface area contributed by atoms with Crippen molar-refractivity contribution in [1.29, 1.82) is 0 Å². The molecular weight excluding hydrogens is 441 g/mol. The number of hydrogen-bond donors (Lipinski definition) is 0. The van der Waals surface area contributed by atoms with E-state index in [-0.39, 0.29) is 11.7 Å². The Balaban J connectivity index is 1.38. The summed E-state index contributed by atoms with van der Waals surface area (Å²) in [5.41, 5.74) is 3.29. The van der Waals surface area contributed by atoms with Gasteiger partial charge in [0.15, 0.2) is 5.78 Å². The number of Topliss-reactive ketones (excluding diaryl/α,β-unsaturated/α-hetero) is 1. The van der Waals surface area contributed by atoms with Crippen molar-refractivity contribution in [3.8, 4) is 16.9 Å². The predicted molar refractivity (Wildman–Crippen MR) is 122 cm³/mol. The molecule has 34 heavy (non-hydrogen) atoms. The fourth-order valence-electron chi connectivity index (χ4n) is 4.76. The number of rotatable bonds is 3. The molecule has 1 aliphatic heterocycles. The van der Waals surface area contributed by atoms with Crippen molar-refractivity contribution in [2.24, 2.45) is 11.8 Å². The molecule has 0 aromatic heterocycles. The van der Waals surface area contributed by atoms with Crippen LogP contribution in [0, 0.1) is 11.8 Å². The van der Waals surface area contributed by atoms with Gasteiger partial charge in [-0.3, -0.25) is 9.59 Å².